The van der Waals surface area contributed by atoms with E-state index in [9.17, 15) is 18.3 Å². The van der Waals surface area contributed by atoms with Gasteiger partial charge in [-0.1, -0.05) is 22.0 Å². The monoisotopic (exact) mass is 428 g/mol. The summed E-state index contributed by atoms with van der Waals surface area (Å²) in [5, 5.41) is 10.3. The minimum Gasteiger partial charge on any atom is -0.384 e. The van der Waals surface area contributed by atoms with Crippen molar-refractivity contribution in [3.63, 3.8) is 0 Å². The predicted molar refractivity (Wildman–Crippen MR) is 80.0 cm³/mol. The lowest BCUT2D eigenvalue weighted by Gasteiger charge is -2.18. The third kappa shape index (κ3) is 3.27. The molecule has 0 aliphatic heterocycles. The molecule has 1 heterocycles. The maximum Gasteiger partial charge on any atom is 0.416 e. The van der Waals surface area contributed by atoms with Crippen molar-refractivity contribution in [3.8, 4) is 0 Å². The molecule has 0 radical (unpaired) electrons. The van der Waals surface area contributed by atoms with Gasteiger partial charge in [0.05, 0.1) is 9.35 Å². The van der Waals surface area contributed by atoms with Crippen LogP contribution >= 0.6 is 43.2 Å². The van der Waals surface area contributed by atoms with Crippen molar-refractivity contribution in [1.82, 2.24) is 0 Å². The van der Waals surface area contributed by atoms with Gasteiger partial charge in [-0.2, -0.15) is 13.2 Å². The van der Waals surface area contributed by atoms with E-state index in [-0.39, 0.29) is 5.56 Å². The average molecular weight is 430 g/mol. The van der Waals surface area contributed by atoms with Crippen LogP contribution in [0.4, 0.5) is 13.2 Å². The molecule has 1 aromatic heterocycles. The molecule has 1 unspecified atom stereocenters. The van der Waals surface area contributed by atoms with E-state index in [0.29, 0.717) is 10.0 Å². The van der Waals surface area contributed by atoms with Gasteiger partial charge in [0.15, 0.2) is 0 Å². The number of halogens is 5. The first kappa shape index (κ1) is 16.0. The largest absolute Gasteiger partial charge is 0.416 e. The molecule has 108 valence electrons. The van der Waals surface area contributed by atoms with E-state index in [1.54, 1.807) is 13.0 Å². The molecular formula is C13H9Br2F3OS. The van der Waals surface area contributed by atoms with Gasteiger partial charge in [-0.15, -0.1) is 11.3 Å². The smallest absolute Gasteiger partial charge is 0.384 e. The van der Waals surface area contributed by atoms with Crippen molar-refractivity contribution in [3.05, 3.63) is 54.1 Å². The highest BCUT2D eigenvalue weighted by Gasteiger charge is 2.35. The number of aliphatic hydroxyl groups is 1. The molecule has 0 aliphatic rings. The summed E-state index contributed by atoms with van der Waals surface area (Å²) >= 11 is 7.67. The zero-order chi connectivity index (χ0) is 15.1. The fourth-order valence-electron chi connectivity index (χ4n) is 1.91. The summed E-state index contributed by atoms with van der Waals surface area (Å²) in [6, 6.07) is 5.41. The lowest BCUT2D eigenvalue weighted by molar-refractivity contribution is -0.139. The number of hydrogen-bond acceptors (Lipinski definition) is 2. The maximum absolute atomic E-state index is 13.1. The molecular weight excluding hydrogens is 421 g/mol. The Kier molecular flexibility index (Phi) is 4.63. The van der Waals surface area contributed by atoms with E-state index >= 15 is 0 Å². The molecule has 0 aliphatic carbocycles. The zero-order valence-electron chi connectivity index (χ0n) is 10.1. The van der Waals surface area contributed by atoms with Crippen molar-refractivity contribution in [2.24, 2.45) is 0 Å². The number of benzene rings is 1. The van der Waals surface area contributed by atoms with Gasteiger partial charge in [0.1, 0.15) is 6.10 Å². The zero-order valence-corrected chi connectivity index (χ0v) is 14.1. The highest BCUT2D eigenvalue weighted by molar-refractivity contribution is 9.11. The predicted octanol–water partition coefficient (Wildman–Crippen LogP) is 5.68. The van der Waals surface area contributed by atoms with Crippen LogP contribution in [0.3, 0.4) is 0 Å². The molecule has 7 heteroatoms. The molecule has 20 heavy (non-hydrogen) atoms. The molecule has 0 amide bonds. The molecule has 1 aromatic carbocycles. The fourth-order valence-corrected chi connectivity index (χ4v) is 4.01. The molecule has 0 spiro atoms. The van der Waals surface area contributed by atoms with Crippen molar-refractivity contribution in [2.45, 2.75) is 19.2 Å². The summed E-state index contributed by atoms with van der Waals surface area (Å²) in [6.07, 6.45) is -5.82. The van der Waals surface area contributed by atoms with E-state index < -0.39 is 17.8 Å². The molecule has 1 atom stereocenters. The molecule has 0 saturated carbocycles. The Balaban J connectivity index is 2.55. The first-order chi connectivity index (χ1) is 9.20. The lowest BCUT2D eigenvalue weighted by Crippen LogP contribution is -2.13. The van der Waals surface area contributed by atoms with E-state index in [1.165, 1.54) is 23.5 Å². The normalized spacial score (nSPS) is 13.6. The third-order valence-corrected chi connectivity index (χ3v) is 4.90. The van der Waals surface area contributed by atoms with Gasteiger partial charge in [0.2, 0.25) is 0 Å². The van der Waals surface area contributed by atoms with E-state index in [4.69, 9.17) is 0 Å². The lowest BCUT2D eigenvalue weighted by atomic mass is 9.97. The van der Waals surface area contributed by atoms with Crippen LogP contribution in [0.2, 0.25) is 0 Å². The minimum absolute atomic E-state index is 0.144. The molecule has 2 rings (SSSR count). The van der Waals surface area contributed by atoms with E-state index in [2.05, 4.69) is 31.9 Å². The third-order valence-electron chi connectivity index (χ3n) is 2.84. The number of rotatable bonds is 2. The topological polar surface area (TPSA) is 20.2 Å². The average Bonchev–Trinajstić information content (AvgIpc) is 2.66. The van der Waals surface area contributed by atoms with Gasteiger partial charge in [0.25, 0.3) is 0 Å². The maximum atomic E-state index is 13.1. The number of aryl methyl sites for hydroxylation is 1. The van der Waals surface area contributed by atoms with Crippen LogP contribution < -0.4 is 0 Å². The highest BCUT2D eigenvalue weighted by atomic mass is 79.9. The van der Waals surface area contributed by atoms with Crippen LogP contribution in [0.1, 0.15) is 27.7 Å². The van der Waals surface area contributed by atoms with E-state index in [1.807, 2.05) is 0 Å². The number of hydrogen-bond donors (Lipinski definition) is 1. The summed E-state index contributed by atoms with van der Waals surface area (Å²) < 4.78 is 40.3. The molecule has 0 saturated heterocycles. The molecule has 0 bridgehead atoms. The van der Waals surface area contributed by atoms with Gasteiger partial charge in [-0.25, -0.2) is 0 Å². The van der Waals surface area contributed by atoms with Gasteiger partial charge in [-0.05, 0) is 52.2 Å². The number of aliphatic hydroxyl groups excluding tert-OH is 1. The summed E-state index contributed by atoms with van der Waals surface area (Å²) in [5.74, 6) is 0. The Morgan fingerprint density at radius 2 is 1.80 bits per heavy atom. The number of alkyl halides is 3. The summed E-state index contributed by atoms with van der Waals surface area (Å²) in [4.78, 5) is 0.778. The standard InChI is InChI=1S/C13H9Br2F3OS/c1-6-9(5-11(15)20-6)12(19)8-3-2-7(14)4-10(8)13(16,17)18/h2-5,12,19H,1H3. The quantitative estimate of drug-likeness (QED) is 0.650. The second-order valence-electron chi connectivity index (χ2n) is 4.19. The van der Waals surface area contributed by atoms with Crippen molar-refractivity contribution >= 4 is 43.2 Å². The van der Waals surface area contributed by atoms with Crippen LogP contribution in [-0.4, -0.2) is 5.11 Å². The van der Waals surface area contributed by atoms with Crippen LogP contribution in [-0.2, 0) is 6.18 Å². The Labute approximate surface area is 134 Å². The first-order valence-electron chi connectivity index (χ1n) is 5.50. The van der Waals surface area contributed by atoms with Crippen molar-refractivity contribution in [2.75, 3.05) is 0 Å². The van der Waals surface area contributed by atoms with Gasteiger partial charge in [0, 0.05) is 9.35 Å². The summed E-state index contributed by atoms with van der Waals surface area (Å²) in [7, 11) is 0. The molecule has 1 N–H and O–H groups in total. The van der Waals surface area contributed by atoms with Gasteiger partial charge >= 0.3 is 6.18 Å². The van der Waals surface area contributed by atoms with Crippen LogP contribution in [0.15, 0.2) is 32.5 Å². The van der Waals surface area contributed by atoms with Gasteiger partial charge < -0.3 is 5.11 Å². The SMILES string of the molecule is Cc1sc(Br)cc1C(O)c1ccc(Br)cc1C(F)(F)F. The molecule has 1 nitrogen and oxygen atoms in total. The second kappa shape index (κ2) is 5.79. The number of thiophene rings is 1. The summed E-state index contributed by atoms with van der Waals surface area (Å²) in [6.45, 7) is 1.76. The summed E-state index contributed by atoms with van der Waals surface area (Å²) in [5.41, 5.74) is -0.495. The highest BCUT2D eigenvalue weighted by Crippen LogP contribution is 2.40. The van der Waals surface area contributed by atoms with Crippen LogP contribution in [0.25, 0.3) is 0 Å². The second-order valence-corrected chi connectivity index (χ2v) is 7.75. The molecule has 0 fully saturated rings. The minimum atomic E-state index is -4.51. The Morgan fingerprint density at radius 3 is 2.30 bits per heavy atom. The van der Waals surface area contributed by atoms with E-state index in [0.717, 1.165) is 14.7 Å². The van der Waals surface area contributed by atoms with Gasteiger partial charge in [-0.3, -0.25) is 0 Å². The van der Waals surface area contributed by atoms with Crippen molar-refractivity contribution in [1.29, 1.82) is 0 Å². The Morgan fingerprint density at radius 1 is 1.15 bits per heavy atom. The molecule has 2 aromatic rings. The van der Waals surface area contributed by atoms with Crippen LogP contribution in [0, 0.1) is 6.92 Å². The van der Waals surface area contributed by atoms with Crippen molar-refractivity contribution < 1.29 is 18.3 Å². The Bertz CT molecular complexity index is 637. The Hall–Kier alpha value is -0.370. The fraction of sp³-hybridized carbons (Fsp3) is 0.231. The van der Waals surface area contributed by atoms with Crippen LogP contribution in [0.5, 0.6) is 0 Å². The first-order valence-corrected chi connectivity index (χ1v) is 7.91.